The molecule has 0 bridgehead atoms. The van der Waals surface area contributed by atoms with Gasteiger partial charge in [0.25, 0.3) is 0 Å². The van der Waals surface area contributed by atoms with Gasteiger partial charge in [-0.25, -0.2) is 0 Å². The summed E-state index contributed by atoms with van der Waals surface area (Å²) in [6.45, 7) is 16.0. The maximum absolute atomic E-state index is 15.2. The van der Waals surface area contributed by atoms with Crippen LogP contribution >= 0.6 is 0 Å². The van der Waals surface area contributed by atoms with E-state index in [4.69, 9.17) is 0 Å². The first-order chi connectivity index (χ1) is 22.7. The number of rotatable bonds is 4. The second kappa shape index (κ2) is 12.9. The van der Waals surface area contributed by atoms with Gasteiger partial charge in [0.2, 0.25) is 0 Å². The molecule has 8 rings (SSSR count). The minimum atomic E-state index is -3.22. The molecule has 50 heavy (non-hydrogen) atoms. The van der Waals surface area contributed by atoms with Crippen LogP contribution in [0.4, 0.5) is 8.78 Å². The van der Waals surface area contributed by atoms with E-state index < -0.39 is 21.3 Å². The number of halogens is 4. The van der Waals surface area contributed by atoms with Crippen molar-refractivity contribution in [3.05, 3.63) is 162 Å². The van der Waals surface area contributed by atoms with Crippen molar-refractivity contribution in [1.82, 2.24) is 0 Å². The monoisotopic (exact) mass is 780 g/mol. The Hall–Kier alpha value is -2.97. The molecule has 0 saturated carbocycles. The SMILES string of the molecule is CC(C)(C)C1=CC[C]([Zr+2](=[C](c2cccc(F)c2)c2cccc(F)c2)[CH]2c3cc4c(cc3-c3cc5c(cc32)C(C)(C)C=C5)C=CC4(C)C)=C1.[Cl-].[Cl-]. The molecule has 0 atom stereocenters. The summed E-state index contributed by atoms with van der Waals surface area (Å²) >= 11 is -3.22. The van der Waals surface area contributed by atoms with Crippen molar-refractivity contribution in [3.63, 3.8) is 0 Å². The Morgan fingerprint density at radius 2 is 1.18 bits per heavy atom. The van der Waals surface area contributed by atoms with E-state index in [0.717, 1.165) is 20.8 Å². The van der Waals surface area contributed by atoms with Gasteiger partial charge in [0.15, 0.2) is 0 Å². The molecule has 0 radical (unpaired) electrons. The van der Waals surface area contributed by atoms with Gasteiger partial charge in [-0.05, 0) is 0 Å². The third-order valence-corrected chi connectivity index (χ3v) is 19.2. The van der Waals surface area contributed by atoms with Gasteiger partial charge in [-0.1, -0.05) is 0 Å². The first kappa shape index (κ1) is 36.8. The minimum absolute atomic E-state index is 0. The molecule has 4 aromatic carbocycles. The van der Waals surface area contributed by atoms with Crippen LogP contribution in [0.1, 0.15) is 103 Å². The molecule has 0 nitrogen and oxygen atoms in total. The zero-order chi connectivity index (χ0) is 33.7. The third-order valence-electron chi connectivity index (χ3n) is 11.0. The van der Waals surface area contributed by atoms with Crippen LogP contribution < -0.4 is 24.8 Å². The molecule has 0 spiro atoms. The first-order valence-electron chi connectivity index (χ1n) is 17.1. The second-order valence-corrected chi connectivity index (χ2v) is 22.4. The van der Waals surface area contributed by atoms with Crippen molar-refractivity contribution < 1.29 is 54.9 Å². The van der Waals surface area contributed by atoms with E-state index in [1.54, 1.807) is 12.1 Å². The summed E-state index contributed by atoms with van der Waals surface area (Å²) in [7, 11) is 0. The van der Waals surface area contributed by atoms with Crippen LogP contribution in [0.3, 0.4) is 0 Å². The van der Waals surface area contributed by atoms with Gasteiger partial charge in [-0.15, -0.1) is 0 Å². The Labute approximate surface area is 316 Å². The van der Waals surface area contributed by atoms with Crippen molar-refractivity contribution in [2.24, 2.45) is 5.41 Å². The van der Waals surface area contributed by atoms with E-state index in [-0.39, 0.29) is 56.3 Å². The maximum Gasteiger partial charge on any atom is -1.00 e. The molecule has 0 aromatic heterocycles. The average Bonchev–Trinajstić information content (AvgIpc) is 3.78. The standard InChI is InChI=1S/C23H21.C13H8F2.C9H13.2ClH.Zr/c1-22(2)7-5-14-10-18-16(12-20(14)22)9-17-13-21-15(11-19(17)18)6-8-23(21,3)4;14-12-5-1-3-10(8-12)7-11-4-2-6-13(15)9-11;1-9(2,3)8-6-4-5-7-8;;;/h5-13H,1-4H3;1-6,8-9H;6-7H,4H2,1-3H3;2*1H;/q;;;;;+2/p-2. The Morgan fingerprint density at radius 3 is 1.60 bits per heavy atom. The van der Waals surface area contributed by atoms with E-state index in [9.17, 15) is 0 Å². The summed E-state index contributed by atoms with van der Waals surface area (Å²) in [6, 6.07) is 24.0. The zero-order valence-corrected chi connectivity index (χ0v) is 33.7. The molecular formula is C45H42Cl2F2Zr. The predicted molar refractivity (Wildman–Crippen MR) is 194 cm³/mol. The van der Waals surface area contributed by atoms with Gasteiger partial charge >= 0.3 is 293 Å². The summed E-state index contributed by atoms with van der Waals surface area (Å²) in [5.41, 5.74) is 13.7. The van der Waals surface area contributed by atoms with Crippen molar-refractivity contribution in [1.29, 1.82) is 0 Å². The van der Waals surface area contributed by atoms with Crippen LogP contribution in [-0.4, -0.2) is 3.21 Å². The van der Waals surface area contributed by atoms with Gasteiger partial charge < -0.3 is 24.8 Å². The average molecular weight is 783 g/mol. The van der Waals surface area contributed by atoms with Gasteiger partial charge in [-0.2, -0.15) is 0 Å². The number of fused-ring (bicyclic) bond motifs is 5. The molecule has 4 aromatic rings. The molecule has 254 valence electrons. The van der Waals surface area contributed by atoms with Crippen LogP contribution in [-0.2, 0) is 32.1 Å². The Kier molecular flexibility index (Phi) is 9.51. The van der Waals surface area contributed by atoms with Crippen molar-refractivity contribution in [3.8, 4) is 11.1 Å². The molecule has 4 aliphatic rings. The Bertz CT molecular complexity index is 2100. The quantitative estimate of drug-likeness (QED) is 0.246. The van der Waals surface area contributed by atoms with Crippen molar-refractivity contribution >= 4 is 15.4 Å². The Morgan fingerprint density at radius 1 is 0.700 bits per heavy atom. The topological polar surface area (TPSA) is 0 Å². The van der Waals surface area contributed by atoms with Crippen molar-refractivity contribution in [2.45, 2.75) is 69.3 Å². The molecule has 0 aliphatic heterocycles. The maximum atomic E-state index is 15.2. The smallest absolute Gasteiger partial charge is 1.00 e. The molecule has 0 amide bonds. The molecule has 0 fully saturated rings. The van der Waals surface area contributed by atoms with E-state index in [1.807, 2.05) is 24.3 Å². The van der Waals surface area contributed by atoms with E-state index >= 15 is 8.78 Å². The molecule has 0 N–H and O–H groups in total. The fourth-order valence-corrected chi connectivity index (χ4v) is 17.3. The van der Waals surface area contributed by atoms with E-state index in [1.165, 1.54) is 65.5 Å². The minimum Gasteiger partial charge on any atom is -1.00 e. The summed E-state index contributed by atoms with van der Waals surface area (Å²) in [5.74, 6) is -0.525. The Balaban J connectivity index is 0.00000216. The number of benzene rings is 4. The third kappa shape index (κ3) is 6.06. The predicted octanol–water partition coefficient (Wildman–Crippen LogP) is 5.80. The fraction of sp³-hybridized carbons (Fsp3) is 0.267. The summed E-state index contributed by atoms with van der Waals surface area (Å²) in [4.78, 5) is 0. The van der Waals surface area contributed by atoms with E-state index in [2.05, 4.69) is 109 Å². The van der Waals surface area contributed by atoms with Crippen LogP contribution in [0.25, 0.3) is 23.3 Å². The van der Waals surface area contributed by atoms with Gasteiger partial charge in [-0.3, -0.25) is 0 Å². The van der Waals surface area contributed by atoms with Crippen molar-refractivity contribution in [2.75, 3.05) is 0 Å². The van der Waals surface area contributed by atoms with Crippen LogP contribution in [0.5, 0.6) is 0 Å². The number of allylic oxidation sites excluding steroid dienone is 6. The number of hydrogen-bond acceptors (Lipinski definition) is 0. The second-order valence-electron chi connectivity index (χ2n) is 16.2. The molecular weight excluding hydrogens is 741 g/mol. The molecule has 4 aliphatic carbocycles. The summed E-state index contributed by atoms with van der Waals surface area (Å²) in [6.07, 6.45) is 15.0. The normalized spacial score (nSPS) is 17.0. The van der Waals surface area contributed by atoms with Gasteiger partial charge in [0, 0.05) is 0 Å². The first-order valence-corrected chi connectivity index (χ1v) is 21.0. The fourth-order valence-electron chi connectivity index (χ4n) is 8.35. The summed E-state index contributed by atoms with van der Waals surface area (Å²) < 4.78 is 33.2. The van der Waals surface area contributed by atoms with E-state index in [0.29, 0.717) is 0 Å². The molecule has 5 heteroatoms. The van der Waals surface area contributed by atoms with Gasteiger partial charge in [0.05, 0.1) is 0 Å². The van der Waals surface area contributed by atoms with Crippen LogP contribution in [0.15, 0.2) is 106 Å². The largest absolute Gasteiger partial charge is 1.00 e. The summed E-state index contributed by atoms with van der Waals surface area (Å²) in [5, 5.41) is 0. The zero-order valence-electron chi connectivity index (χ0n) is 29.7. The number of hydrogen-bond donors (Lipinski definition) is 0. The molecule has 0 heterocycles. The van der Waals surface area contributed by atoms with Gasteiger partial charge in [0.1, 0.15) is 0 Å². The van der Waals surface area contributed by atoms with Crippen LogP contribution in [0.2, 0.25) is 0 Å². The van der Waals surface area contributed by atoms with Crippen LogP contribution in [0, 0.1) is 17.0 Å². The molecule has 0 saturated heterocycles. The molecule has 0 unspecified atom stereocenters.